The first-order valence-corrected chi connectivity index (χ1v) is 11.4. The molecule has 0 saturated heterocycles. The second-order valence-electron chi connectivity index (χ2n) is 7.09. The Bertz CT molecular complexity index is 1150. The van der Waals surface area contributed by atoms with E-state index < -0.39 is 6.03 Å². The van der Waals surface area contributed by atoms with Crippen molar-refractivity contribution in [3.05, 3.63) is 85.8 Å². The van der Waals surface area contributed by atoms with Gasteiger partial charge in [0.05, 0.1) is 13.3 Å². The molecule has 0 aliphatic heterocycles. The van der Waals surface area contributed by atoms with Crippen molar-refractivity contribution in [3.8, 4) is 11.5 Å². The zero-order valence-electron chi connectivity index (χ0n) is 17.9. The summed E-state index contributed by atoms with van der Waals surface area (Å²) in [6, 6.07) is 16.9. The fourth-order valence-electron chi connectivity index (χ4n) is 2.93. The van der Waals surface area contributed by atoms with Gasteiger partial charge in [-0.2, -0.15) is 5.10 Å². The summed E-state index contributed by atoms with van der Waals surface area (Å²) in [5, 5.41) is 6.76. The Labute approximate surface area is 204 Å². The molecule has 0 aliphatic rings. The SMILES string of the molecule is COc1cc(/C=N/NC(=O)Nc2ccc(Br)c(C)c2)c(Br)cc1OCc1cccc(C)c1. The molecule has 3 aromatic rings. The highest BCUT2D eigenvalue weighted by molar-refractivity contribution is 9.10. The number of ether oxygens (including phenoxy) is 2. The molecule has 8 heteroatoms. The van der Waals surface area contributed by atoms with Gasteiger partial charge in [0.15, 0.2) is 11.5 Å². The monoisotopic (exact) mass is 559 g/mol. The van der Waals surface area contributed by atoms with Gasteiger partial charge in [-0.05, 0) is 71.2 Å². The molecular formula is C24H23Br2N3O3. The lowest BCUT2D eigenvalue weighted by Crippen LogP contribution is -2.24. The Balaban J connectivity index is 1.63. The number of halogens is 2. The van der Waals surface area contributed by atoms with Gasteiger partial charge in [0.25, 0.3) is 0 Å². The van der Waals surface area contributed by atoms with Crippen LogP contribution >= 0.6 is 31.9 Å². The number of methoxy groups -OCH3 is 1. The average Bonchev–Trinajstić information content (AvgIpc) is 2.76. The molecule has 0 aliphatic carbocycles. The van der Waals surface area contributed by atoms with Crippen LogP contribution in [0.15, 0.2) is 68.6 Å². The average molecular weight is 561 g/mol. The van der Waals surface area contributed by atoms with Gasteiger partial charge in [0.2, 0.25) is 0 Å². The van der Waals surface area contributed by atoms with Crippen LogP contribution in [0.3, 0.4) is 0 Å². The Morgan fingerprint density at radius 3 is 2.56 bits per heavy atom. The first-order valence-electron chi connectivity index (χ1n) is 9.78. The van der Waals surface area contributed by atoms with Crippen LogP contribution in [-0.4, -0.2) is 19.4 Å². The molecule has 0 unspecified atom stereocenters. The van der Waals surface area contributed by atoms with E-state index in [4.69, 9.17) is 9.47 Å². The zero-order chi connectivity index (χ0) is 23.1. The number of hydrazone groups is 1. The molecule has 0 bridgehead atoms. The zero-order valence-corrected chi connectivity index (χ0v) is 21.1. The minimum Gasteiger partial charge on any atom is -0.493 e. The number of anilines is 1. The quantitative estimate of drug-likeness (QED) is 0.253. The summed E-state index contributed by atoms with van der Waals surface area (Å²) < 4.78 is 13.2. The minimum atomic E-state index is -0.441. The van der Waals surface area contributed by atoms with E-state index in [2.05, 4.69) is 53.8 Å². The number of carbonyl (C=O) groups is 1. The van der Waals surface area contributed by atoms with Crippen LogP contribution < -0.4 is 20.2 Å². The van der Waals surface area contributed by atoms with Crippen molar-refractivity contribution >= 4 is 49.8 Å². The van der Waals surface area contributed by atoms with Crippen molar-refractivity contribution in [2.75, 3.05) is 12.4 Å². The van der Waals surface area contributed by atoms with E-state index in [0.717, 1.165) is 25.6 Å². The maximum absolute atomic E-state index is 12.1. The van der Waals surface area contributed by atoms with Gasteiger partial charge in [0.1, 0.15) is 6.61 Å². The summed E-state index contributed by atoms with van der Waals surface area (Å²) in [5.74, 6) is 1.17. The molecule has 2 amide bonds. The molecule has 0 saturated carbocycles. The third-order valence-corrected chi connectivity index (χ3v) is 6.12. The molecule has 3 aromatic carbocycles. The molecule has 0 radical (unpaired) electrons. The summed E-state index contributed by atoms with van der Waals surface area (Å²) in [6.45, 7) is 4.42. The highest BCUT2D eigenvalue weighted by Crippen LogP contribution is 2.33. The lowest BCUT2D eigenvalue weighted by Gasteiger charge is -2.13. The Morgan fingerprint density at radius 1 is 1.03 bits per heavy atom. The maximum atomic E-state index is 12.1. The Kier molecular flexibility index (Phi) is 8.30. The fourth-order valence-corrected chi connectivity index (χ4v) is 3.60. The van der Waals surface area contributed by atoms with E-state index in [-0.39, 0.29) is 0 Å². The molecular weight excluding hydrogens is 538 g/mol. The molecule has 0 heterocycles. The van der Waals surface area contributed by atoms with Gasteiger partial charge in [-0.25, -0.2) is 10.2 Å². The number of nitrogens with zero attached hydrogens (tertiary/aromatic N) is 1. The second-order valence-corrected chi connectivity index (χ2v) is 8.80. The van der Waals surface area contributed by atoms with Gasteiger partial charge >= 0.3 is 6.03 Å². The topological polar surface area (TPSA) is 72.0 Å². The predicted octanol–water partition coefficient (Wildman–Crippen LogP) is 6.57. The standard InChI is InChI=1S/C24H23Br2N3O3/c1-15-5-4-6-17(9-15)14-32-23-12-21(26)18(11-22(23)31-3)13-27-29-24(30)28-19-7-8-20(25)16(2)10-19/h4-13H,14H2,1-3H3,(H2,28,29,30)/b27-13+. The molecule has 0 atom stereocenters. The van der Waals surface area contributed by atoms with Gasteiger partial charge in [-0.1, -0.05) is 45.8 Å². The Hall–Kier alpha value is -2.84. The molecule has 0 spiro atoms. The second kappa shape index (κ2) is 11.2. The summed E-state index contributed by atoms with van der Waals surface area (Å²) in [4.78, 5) is 12.1. The third-order valence-electron chi connectivity index (χ3n) is 4.55. The molecule has 166 valence electrons. The van der Waals surface area contributed by atoms with E-state index in [1.165, 1.54) is 11.8 Å². The highest BCUT2D eigenvalue weighted by Gasteiger charge is 2.10. The molecule has 3 rings (SSSR count). The van der Waals surface area contributed by atoms with Crippen LogP contribution in [0.4, 0.5) is 10.5 Å². The highest BCUT2D eigenvalue weighted by atomic mass is 79.9. The third kappa shape index (κ3) is 6.58. The van der Waals surface area contributed by atoms with E-state index in [1.54, 1.807) is 19.2 Å². The number of aryl methyl sites for hydroxylation is 2. The number of hydrogen-bond acceptors (Lipinski definition) is 4. The lowest BCUT2D eigenvalue weighted by atomic mass is 10.1. The van der Waals surface area contributed by atoms with Gasteiger partial charge in [0, 0.05) is 20.2 Å². The van der Waals surface area contributed by atoms with Crippen LogP contribution in [0.5, 0.6) is 11.5 Å². The van der Waals surface area contributed by atoms with Crippen LogP contribution in [0.1, 0.15) is 22.3 Å². The van der Waals surface area contributed by atoms with Gasteiger partial charge in [-0.15, -0.1) is 0 Å². The number of benzene rings is 3. The van der Waals surface area contributed by atoms with Crippen molar-refractivity contribution in [2.45, 2.75) is 20.5 Å². The number of urea groups is 1. The lowest BCUT2D eigenvalue weighted by molar-refractivity contribution is 0.252. The van der Waals surface area contributed by atoms with Crippen LogP contribution in [0.25, 0.3) is 0 Å². The number of carbonyl (C=O) groups excluding carboxylic acids is 1. The molecule has 2 N–H and O–H groups in total. The summed E-state index contributed by atoms with van der Waals surface area (Å²) in [5.41, 5.74) is 7.14. The molecule has 0 fully saturated rings. The van der Waals surface area contributed by atoms with Crippen LogP contribution in [0, 0.1) is 13.8 Å². The smallest absolute Gasteiger partial charge is 0.339 e. The van der Waals surface area contributed by atoms with Crippen molar-refractivity contribution in [3.63, 3.8) is 0 Å². The number of amides is 2. The first kappa shape index (κ1) is 23.8. The van der Waals surface area contributed by atoms with Gasteiger partial charge < -0.3 is 14.8 Å². The largest absolute Gasteiger partial charge is 0.493 e. The summed E-state index contributed by atoms with van der Waals surface area (Å²) >= 11 is 6.96. The molecule has 6 nitrogen and oxygen atoms in total. The summed E-state index contributed by atoms with van der Waals surface area (Å²) in [6.07, 6.45) is 1.53. The normalized spacial score (nSPS) is 10.8. The van der Waals surface area contributed by atoms with Crippen molar-refractivity contribution in [2.24, 2.45) is 5.10 Å². The Morgan fingerprint density at radius 2 is 1.84 bits per heavy atom. The van der Waals surface area contributed by atoms with Crippen LogP contribution in [-0.2, 0) is 6.61 Å². The number of nitrogens with one attached hydrogen (secondary N) is 2. The minimum absolute atomic E-state index is 0.426. The van der Waals surface area contributed by atoms with Crippen molar-refractivity contribution < 1.29 is 14.3 Å². The molecule has 0 aromatic heterocycles. The van der Waals surface area contributed by atoms with Crippen molar-refractivity contribution in [1.29, 1.82) is 0 Å². The van der Waals surface area contributed by atoms with Gasteiger partial charge in [-0.3, -0.25) is 0 Å². The maximum Gasteiger partial charge on any atom is 0.339 e. The first-order chi connectivity index (χ1) is 15.4. The van der Waals surface area contributed by atoms with Crippen LogP contribution in [0.2, 0.25) is 0 Å². The van der Waals surface area contributed by atoms with E-state index in [1.807, 2.05) is 50.2 Å². The predicted molar refractivity (Wildman–Crippen MR) is 135 cm³/mol. The van der Waals surface area contributed by atoms with E-state index in [9.17, 15) is 4.79 Å². The van der Waals surface area contributed by atoms with E-state index >= 15 is 0 Å². The van der Waals surface area contributed by atoms with E-state index in [0.29, 0.717) is 23.8 Å². The summed E-state index contributed by atoms with van der Waals surface area (Å²) in [7, 11) is 1.58. The fraction of sp³-hybridized carbons (Fsp3) is 0.167. The van der Waals surface area contributed by atoms with Crippen molar-refractivity contribution in [1.82, 2.24) is 5.43 Å². The number of rotatable bonds is 7. The number of hydrogen-bond donors (Lipinski definition) is 2. The molecule has 32 heavy (non-hydrogen) atoms.